The van der Waals surface area contributed by atoms with Crippen molar-refractivity contribution in [2.45, 2.75) is 45.4 Å². The van der Waals surface area contributed by atoms with Crippen molar-refractivity contribution in [3.63, 3.8) is 0 Å². The van der Waals surface area contributed by atoms with E-state index in [2.05, 4.69) is 10.6 Å². The van der Waals surface area contributed by atoms with Crippen molar-refractivity contribution < 1.29 is 18.7 Å². The molecule has 0 radical (unpaired) electrons. The minimum Gasteiger partial charge on any atom is -0.444 e. The molecule has 0 spiro atoms. The molecule has 0 aliphatic carbocycles. The van der Waals surface area contributed by atoms with Crippen LogP contribution in [0, 0.1) is 5.82 Å². The van der Waals surface area contributed by atoms with E-state index in [1.165, 1.54) is 6.07 Å². The Hall–Kier alpha value is -2.89. The highest BCUT2D eigenvalue weighted by Gasteiger charge is 2.22. The SMILES string of the molecule is CC(C)(C)OC(=O)N[C@@H](CC(=O)NCc1ccccc1F)c1ccccc1. The molecule has 2 rings (SSSR count). The summed E-state index contributed by atoms with van der Waals surface area (Å²) in [6.45, 7) is 5.39. The molecule has 1 atom stereocenters. The highest BCUT2D eigenvalue weighted by molar-refractivity contribution is 5.78. The van der Waals surface area contributed by atoms with Crippen LogP contribution in [0.5, 0.6) is 0 Å². The molecule has 0 aliphatic rings. The van der Waals surface area contributed by atoms with Crippen molar-refractivity contribution in [3.8, 4) is 0 Å². The predicted octanol–water partition coefficient (Wildman–Crippen LogP) is 4.10. The number of carbonyl (C=O) groups excluding carboxylic acids is 2. The van der Waals surface area contributed by atoms with Gasteiger partial charge in [-0.1, -0.05) is 48.5 Å². The van der Waals surface area contributed by atoms with Gasteiger partial charge in [0.2, 0.25) is 5.91 Å². The number of ether oxygens (including phenoxy) is 1. The average molecular weight is 372 g/mol. The summed E-state index contributed by atoms with van der Waals surface area (Å²) in [5.41, 5.74) is 0.546. The van der Waals surface area contributed by atoms with Crippen molar-refractivity contribution >= 4 is 12.0 Å². The Morgan fingerprint density at radius 3 is 2.30 bits per heavy atom. The molecule has 0 aliphatic heterocycles. The lowest BCUT2D eigenvalue weighted by Gasteiger charge is -2.23. The third-order valence-electron chi connectivity index (χ3n) is 3.72. The van der Waals surface area contributed by atoms with E-state index in [0.29, 0.717) is 5.56 Å². The lowest BCUT2D eigenvalue weighted by molar-refractivity contribution is -0.121. The van der Waals surface area contributed by atoms with Crippen molar-refractivity contribution in [3.05, 3.63) is 71.5 Å². The zero-order valence-electron chi connectivity index (χ0n) is 15.8. The van der Waals surface area contributed by atoms with Gasteiger partial charge in [-0.05, 0) is 32.4 Å². The quantitative estimate of drug-likeness (QED) is 0.802. The van der Waals surface area contributed by atoms with Crippen LogP contribution in [-0.2, 0) is 16.1 Å². The molecule has 2 N–H and O–H groups in total. The van der Waals surface area contributed by atoms with Crippen LogP contribution >= 0.6 is 0 Å². The maximum atomic E-state index is 13.7. The summed E-state index contributed by atoms with van der Waals surface area (Å²) in [5, 5.41) is 5.42. The lowest BCUT2D eigenvalue weighted by Crippen LogP contribution is -2.37. The predicted molar refractivity (Wildman–Crippen MR) is 101 cm³/mol. The lowest BCUT2D eigenvalue weighted by atomic mass is 10.0. The number of hydrogen-bond donors (Lipinski definition) is 2. The van der Waals surface area contributed by atoms with Gasteiger partial charge in [0, 0.05) is 12.1 Å². The number of amides is 2. The summed E-state index contributed by atoms with van der Waals surface area (Å²) in [6, 6.07) is 14.9. The first-order chi connectivity index (χ1) is 12.7. The maximum Gasteiger partial charge on any atom is 0.408 e. The van der Waals surface area contributed by atoms with Crippen LogP contribution in [0.3, 0.4) is 0 Å². The summed E-state index contributed by atoms with van der Waals surface area (Å²) >= 11 is 0. The Morgan fingerprint density at radius 1 is 1.04 bits per heavy atom. The molecule has 0 heterocycles. The first-order valence-electron chi connectivity index (χ1n) is 8.79. The fraction of sp³-hybridized carbons (Fsp3) is 0.333. The molecule has 144 valence electrons. The molecule has 0 bridgehead atoms. The minimum atomic E-state index is -0.640. The molecule has 27 heavy (non-hydrogen) atoms. The number of carbonyl (C=O) groups is 2. The minimum absolute atomic E-state index is 0.0116. The highest BCUT2D eigenvalue weighted by Crippen LogP contribution is 2.18. The van der Waals surface area contributed by atoms with Crippen LogP contribution in [0.4, 0.5) is 9.18 Å². The van der Waals surface area contributed by atoms with Gasteiger partial charge in [0.05, 0.1) is 12.5 Å². The molecular formula is C21H25FN2O3. The van der Waals surface area contributed by atoms with Gasteiger partial charge in [0.15, 0.2) is 0 Å². The zero-order chi connectivity index (χ0) is 19.9. The Labute approximate surface area is 158 Å². The van der Waals surface area contributed by atoms with Gasteiger partial charge in [-0.25, -0.2) is 9.18 Å². The van der Waals surface area contributed by atoms with Gasteiger partial charge < -0.3 is 15.4 Å². The highest BCUT2D eigenvalue weighted by atomic mass is 19.1. The summed E-state index contributed by atoms with van der Waals surface area (Å²) in [7, 11) is 0. The normalized spacial score (nSPS) is 12.1. The van der Waals surface area contributed by atoms with E-state index in [1.807, 2.05) is 30.3 Å². The second-order valence-electron chi connectivity index (χ2n) is 7.18. The number of hydrogen-bond acceptors (Lipinski definition) is 3. The molecule has 0 fully saturated rings. The van der Waals surface area contributed by atoms with Gasteiger partial charge in [0.25, 0.3) is 0 Å². The summed E-state index contributed by atoms with van der Waals surface area (Å²) in [5.74, 6) is -0.674. The second-order valence-corrected chi connectivity index (χ2v) is 7.18. The molecule has 0 saturated heterocycles. The maximum absolute atomic E-state index is 13.7. The Kier molecular flexibility index (Phi) is 6.93. The van der Waals surface area contributed by atoms with Crippen LogP contribution in [0.15, 0.2) is 54.6 Å². The summed E-state index contributed by atoms with van der Waals surface area (Å²) in [4.78, 5) is 24.5. The average Bonchev–Trinajstić information content (AvgIpc) is 2.59. The number of rotatable bonds is 6. The van der Waals surface area contributed by atoms with E-state index < -0.39 is 17.7 Å². The smallest absolute Gasteiger partial charge is 0.408 e. The van der Waals surface area contributed by atoms with Gasteiger partial charge >= 0.3 is 6.09 Å². The fourth-order valence-corrected chi connectivity index (χ4v) is 2.48. The first kappa shape index (κ1) is 20.4. The molecule has 6 heteroatoms. The molecule has 2 aromatic carbocycles. The van der Waals surface area contributed by atoms with E-state index in [4.69, 9.17) is 4.74 Å². The van der Waals surface area contributed by atoms with Gasteiger partial charge in [-0.15, -0.1) is 0 Å². The Bertz CT molecular complexity index is 772. The molecule has 0 unspecified atom stereocenters. The topological polar surface area (TPSA) is 67.4 Å². The Morgan fingerprint density at radius 2 is 1.67 bits per heavy atom. The van der Waals surface area contributed by atoms with Crippen LogP contribution in [0.2, 0.25) is 0 Å². The molecular weight excluding hydrogens is 347 g/mol. The number of benzene rings is 2. The third-order valence-corrected chi connectivity index (χ3v) is 3.72. The van der Waals surface area contributed by atoms with Crippen molar-refractivity contribution in [2.75, 3.05) is 0 Å². The van der Waals surface area contributed by atoms with E-state index in [-0.39, 0.29) is 24.7 Å². The third kappa shape index (κ3) is 7.09. The summed E-state index contributed by atoms with van der Waals surface area (Å²) in [6.07, 6.45) is -0.587. The first-order valence-corrected chi connectivity index (χ1v) is 8.79. The van der Waals surface area contributed by atoms with Crippen LogP contribution in [0.1, 0.15) is 44.4 Å². The zero-order valence-corrected chi connectivity index (χ0v) is 15.8. The van der Waals surface area contributed by atoms with Gasteiger partial charge in [0.1, 0.15) is 11.4 Å². The van der Waals surface area contributed by atoms with Crippen molar-refractivity contribution in [1.29, 1.82) is 0 Å². The largest absolute Gasteiger partial charge is 0.444 e. The number of nitrogens with one attached hydrogen (secondary N) is 2. The van der Waals surface area contributed by atoms with E-state index in [9.17, 15) is 14.0 Å². The van der Waals surface area contributed by atoms with Gasteiger partial charge in [-0.2, -0.15) is 0 Å². The van der Waals surface area contributed by atoms with Crippen LogP contribution < -0.4 is 10.6 Å². The molecule has 2 amide bonds. The molecule has 2 aromatic rings. The van der Waals surface area contributed by atoms with Crippen LogP contribution in [0.25, 0.3) is 0 Å². The Balaban J connectivity index is 2.02. The van der Waals surface area contributed by atoms with Crippen molar-refractivity contribution in [2.24, 2.45) is 0 Å². The van der Waals surface area contributed by atoms with Crippen molar-refractivity contribution in [1.82, 2.24) is 10.6 Å². The van der Waals surface area contributed by atoms with Gasteiger partial charge in [-0.3, -0.25) is 4.79 Å². The van der Waals surface area contributed by atoms with E-state index in [0.717, 1.165) is 5.56 Å². The standard InChI is InChI=1S/C21H25FN2O3/c1-21(2,3)27-20(26)24-18(15-9-5-4-6-10-15)13-19(25)23-14-16-11-7-8-12-17(16)22/h4-12,18H,13-14H2,1-3H3,(H,23,25)(H,24,26)/t18-/m0/s1. The second kappa shape index (κ2) is 9.16. The van der Waals surface area contributed by atoms with Crippen LogP contribution in [-0.4, -0.2) is 17.6 Å². The number of alkyl carbamates (subject to hydrolysis) is 1. The molecule has 0 saturated carbocycles. The summed E-state index contributed by atoms with van der Waals surface area (Å²) < 4.78 is 19.0. The monoisotopic (exact) mass is 372 g/mol. The molecule has 0 aromatic heterocycles. The van der Waals surface area contributed by atoms with E-state index >= 15 is 0 Å². The van der Waals surface area contributed by atoms with E-state index in [1.54, 1.807) is 39.0 Å². The number of halogens is 1. The molecule has 5 nitrogen and oxygen atoms in total. The fourth-order valence-electron chi connectivity index (χ4n) is 2.48.